The lowest BCUT2D eigenvalue weighted by atomic mass is 10.00. The van der Waals surface area contributed by atoms with Crippen molar-refractivity contribution in [3.05, 3.63) is 0 Å². The van der Waals surface area contributed by atoms with E-state index in [0.29, 0.717) is 6.04 Å². The van der Waals surface area contributed by atoms with Crippen molar-refractivity contribution in [2.24, 2.45) is 11.8 Å². The normalized spacial score (nSPS) is 25.8. The number of likely N-dealkylation sites (tertiary alicyclic amines) is 1. The number of nitrogens with one attached hydrogen (secondary N) is 1. The van der Waals surface area contributed by atoms with Gasteiger partial charge in [0.25, 0.3) is 0 Å². The molecule has 1 saturated heterocycles. The fourth-order valence-electron chi connectivity index (χ4n) is 2.34. The Labute approximate surface area is 95.4 Å². The van der Waals surface area contributed by atoms with Gasteiger partial charge in [0.1, 0.15) is 0 Å². The smallest absolute Gasteiger partial charge is 0.0166 e. The van der Waals surface area contributed by atoms with Crippen LogP contribution in [0.2, 0.25) is 0 Å². The summed E-state index contributed by atoms with van der Waals surface area (Å²) < 4.78 is 0. The van der Waals surface area contributed by atoms with Gasteiger partial charge >= 0.3 is 0 Å². The molecule has 0 aromatic heterocycles. The quantitative estimate of drug-likeness (QED) is 0.752. The first-order chi connectivity index (χ1) is 7.08. The Kier molecular flexibility index (Phi) is 5.62. The minimum Gasteiger partial charge on any atom is -0.313 e. The van der Waals surface area contributed by atoms with E-state index in [1.54, 1.807) is 0 Å². The Bertz CT molecular complexity index is 168. The van der Waals surface area contributed by atoms with Gasteiger partial charge in [-0.2, -0.15) is 0 Å². The van der Waals surface area contributed by atoms with Gasteiger partial charge in [-0.1, -0.05) is 20.8 Å². The molecular formula is C13H28N2. The third-order valence-corrected chi connectivity index (χ3v) is 3.15. The first-order valence-corrected chi connectivity index (χ1v) is 6.53. The number of nitrogens with zero attached hydrogens (tertiary/aromatic N) is 1. The van der Waals surface area contributed by atoms with Crippen LogP contribution in [0.25, 0.3) is 0 Å². The Morgan fingerprint density at radius 3 is 2.67 bits per heavy atom. The van der Waals surface area contributed by atoms with Crippen LogP contribution in [0.4, 0.5) is 0 Å². The molecule has 0 aromatic rings. The zero-order valence-electron chi connectivity index (χ0n) is 10.9. The molecule has 1 aliphatic rings. The van der Waals surface area contributed by atoms with E-state index in [2.05, 4.69) is 37.9 Å². The third-order valence-electron chi connectivity index (χ3n) is 3.15. The monoisotopic (exact) mass is 212 g/mol. The van der Waals surface area contributed by atoms with Gasteiger partial charge in [-0.05, 0) is 44.7 Å². The molecule has 0 saturated carbocycles. The lowest BCUT2D eigenvalue weighted by molar-refractivity contribution is 0.169. The molecule has 1 heterocycles. The fraction of sp³-hybridized carbons (Fsp3) is 1.00. The van der Waals surface area contributed by atoms with Crippen molar-refractivity contribution in [1.29, 1.82) is 0 Å². The van der Waals surface area contributed by atoms with Crippen LogP contribution in [-0.2, 0) is 0 Å². The van der Waals surface area contributed by atoms with Gasteiger partial charge in [0.05, 0.1) is 0 Å². The minimum atomic E-state index is 0.637. The van der Waals surface area contributed by atoms with Gasteiger partial charge in [0, 0.05) is 19.1 Å². The Balaban J connectivity index is 2.16. The molecule has 1 rings (SSSR count). The summed E-state index contributed by atoms with van der Waals surface area (Å²) in [5.74, 6) is 1.66. The van der Waals surface area contributed by atoms with Crippen LogP contribution in [-0.4, -0.2) is 37.1 Å². The van der Waals surface area contributed by atoms with E-state index >= 15 is 0 Å². The van der Waals surface area contributed by atoms with Crippen LogP contribution >= 0.6 is 0 Å². The van der Waals surface area contributed by atoms with Crippen molar-refractivity contribution in [1.82, 2.24) is 10.2 Å². The number of hydrogen-bond donors (Lipinski definition) is 1. The molecule has 0 aromatic carbocycles. The second kappa shape index (κ2) is 6.49. The van der Waals surface area contributed by atoms with E-state index in [1.807, 2.05) is 0 Å². The maximum absolute atomic E-state index is 3.60. The highest BCUT2D eigenvalue weighted by atomic mass is 15.2. The summed E-state index contributed by atoms with van der Waals surface area (Å²) in [5, 5.41) is 3.60. The van der Waals surface area contributed by atoms with Crippen LogP contribution < -0.4 is 5.32 Å². The molecule has 15 heavy (non-hydrogen) atoms. The maximum atomic E-state index is 3.60. The highest BCUT2D eigenvalue weighted by molar-refractivity contribution is 4.74. The van der Waals surface area contributed by atoms with Gasteiger partial charge < -0.3 is 10.2 Å². The predicted molar refractivity (Wildman–Crippen MR) is 67.1 cm³/mol. The van der Waals surface area contributed by atoms with E-state index in [-0.39, 0.29) is 0 Å². The lowest BCUT2D eigenvalue weighted by Crippen LogP contribution is -2.44. The zero-order valence-corrected chi connectivity index (χ0v) is 10.9. The molecule has 2 heteroatoms. The highest BCUT2D eigenvalue weighted by Gasteiger charge is 2.17. The average molecular weight is 212 g/mol. The molecular weight excluding hydrogens is 184 g/mol. The van der Waals surface area contributed by atoms with Crippen LogP contribution in [0.5, 0.6) is 0 Å². The average Bonchev–Trinajstić information content (AvgIpc) is 2.15. The molecule has 2 atom stereocenters. The number of rotatable bonds is 5. The Morgan fingerprint density at radius 2 is 2.07 bits per heavy atom. The third kappa shape index (κ3) is 5.53. The number of piperidine rings is 1. The summed E-state index contributed by atoms with van der Waals surface area (Å²) in [7, 11) is 0. The largest absolute Gasteiger partial charge is 0.313 e. The standard InChI is InChI=1S/C13H28N2/c1-11(2)8-14-13(4)10-15-7-5-6-12(3)9-15/h11-14H,5-10H2,1-4H3. The topological polar surface area (TPSA) is 15.3 Å². The van der Waals surface area contributed by atoms with Crippen molar-refractivity contribution >= 4 is 0 Å². The van der Waals surface area contributed by atoms with Crippen molar-refractivity contribution in [3.8, 4) is 0 Å². The molecule has 90 valence electrons. The second-order valence-electron chi connectivity index (χ2n) is 5.71. The molecule has 2 nitrogen and oxygen atoms in total. The summed E-state index contributed by atoms with van der Waals surface area (Å²) in [6.07, 6.45) is 2.81. The van der Waals surface area contributed by atoms with Gasteiger partial charge in [-0.25, -0.2) is 0 Å². The van der Waals surface area contributed by atoms with Crippen LogP contribution in [0.15, 0.2) is 0 Å². The van der Waals surface area contributed by atoms with Crippen LogP contribution in [0, 0.1) is 11.8 Å². The Morgan fingerprint density at radius 1 is 1.33 bits per heavy atom. The van der Waals surface area contributed by atoms with Crippen molar-refractivity contribution in [2.75, 3.05) is 26.2 Å². The van der Waals surface area contributed by atoms with E-state index in [0.717, 1.165) is 18.4 Å². The van der Waals surface area contributed by atoms with E-state index in [1.165, 1.54) is 32.5 Å². The summed E-state index contributed by atoms with van der Waals surface area (Å²) in [4.78, 5) is 2.62. The summed E-state index contributed by atoms with van der Waals surface area (Å²) in [6, 6.07) is 0.637. The molecule has 1 aliphatic heterocycles. The fourth-order valence-corrected chi connectivity index (χ4v) is 2.34. The molecule has 1 N–H and O–H groups in total. The van der Waals surface area contributed by atoms with Crippen LogP contribution in [0.1, 0.15) is 40.5 Å². The van der Waals surface area contributed by atoms with Gasteiger partial charge in [0.2, 0.25) is 0 Å². The van der Waals surface area contributed by atoms with Gasteiger partial charge in [-0.3, -0.25) is 0 Å². The van der Waals surface area contributed by atoms with E-state index in [4.69, 9.17) is 0 Å². The first kappa shape index (κ1) is 13.0. The summed E-state index contributed by atoms with van der Waals surface area (Å²) >= 11 is 0. The summed E-state index contributed by atoms with van der Waals surface area (Å²) in [6.45, 7) is 14.2. The van der Waals surface area contributed by atoms with Gasteiger partial charge in [-0.15, -0.1) is 0 Å². The molecule has 0 aliphatic carbocycles. The first-order valence-electron chi connectivity index (χ1n) is 6.53. The van der Waals surface area contributed by atoms with E-state index in [9.17, 15) is 0 Å². The molecule has 0 bridgehead atoms. The molecule has 2 unspecified atom stereocenters. The molecule has 1 fully saturated rings. The highest BCUT2D eigenvalue weighted by Crippen LogP contribution is 2.15. The predicted octanol–water partition coefficient (Wildman–Crippen LogP) is 2.35. The Hall–Kier alpha value is -0.0800. The maximum Gasteiger partial charge on any atom is 0.0166 e. The van der Waals surface area contributed by atoms with Crippen molar-refractivity contribution in [3.63, 3.8) is 0 Å². The van der Waals surface area contributed by atoms with Crippen LogP contribution in [0.3, 0.4) is 0 Å². The van der Waals surface area contributed by atoms with Crippen molar-refractivity contribution in [2.45, 2.75) is 46.6 Å². The molecule has 0 radical (unpaired) electrons. The molecule has 0 amide bonds. The lowest BCUT2D eigenvalue weighted by Gasteiger charge is -2.33. The second-order valence-corrected chi connectivity index (χ2v) is 5.71. The minimum absolute atomic E-state index is 0.637. The molecule has 0 spiro atoms. The SMILES string of the molecule is CC(C)CNC(C)CN1CCCC(C)C1. The van der Waals surface area contributed by atoms with Gasteiger partial charge in [0.15, 0.2) is 0 Å². The van der Waals surface area contributed by atoms with Crippen molar-refractivity contribution < 1.29 is 0 Å². The summed E-state index contributed by atoms with van der Waals surface area (Å²) in [5.41, 5.74) is 0. The zero-order chi connectivity index (χ0) is 11.3. The number of hydrogen-bond acceptors (Lipinski definition) is 2. The van der Waals surface area contributed by atoms with E-state index < -0.39 is 0 Å².